The summed E-state index contributed by atoms with van der Waals surface area (Å²) in [5.41, 5.74) is 0. The van der Waals surface area contributed by atoms with E-state index < -0.39 is 0 Å². The largest absolute Gasteiger partial charge is 0.386 e. The van der Waals surface area contributed by atoms with Gasteiger partial charge in [0, 0.05) is 10.9 Å². The number of hydrogen-bond donors (Lipinski definition) is 1. The van der Waals surface area contributed by atoms with Gasteiger partial charge in [-0.05, 0) is 44.3 Å². The van der Waals surface area contributed by atoms with Gasteiger partial charge in [-0.25, -0.2) is 0 Å². The van der Waals surface area contributed by atoms with Gasteiger partial charge in [0.1, 0.15) is 6.10 Å². The maximum Gasteiger partial charge on any atom is 0.103 e. The Kier molecular flexibility index (Phi) is 3.78. The molecule has 15 heavy (non-hydrogen) atoms. The van der Waals surface area contributed by atoms with E-state index in [0.29, 0.717) is 0 Å². The van der Waals surface area contributed by atoms with Gasteiger partial charge in [0.05, 0.1) is 0 Å². The molecule has 1 aromatic rings. The monoisotopic (exact) mass is 225 g/mol. The smallest absolute Gasteiger partial charge is 0.103 e. The van der Waals surface area contributed by atoms with Gasteiger partial charge in [0.15, 0.2) is 0 Å². The van der Waals surface area contributed by atoms with E-state index in [1.54, 1.807) is 11.3 Å². The number of hydrogen-bond acceptors (Lipinski definition) is 3. The summed E-state index contributed by atoms with van der Waals surface area (Å²) in [4.78, 5) is 3.50. The van der Waals surface area contributed by atoms with Crippen LogP contribution in [0.5, 0.6) is 0 Å². The first-order chi connectivity index (χ1) is 7.29. The van der Waals surface area contributed by atoms with Crippen molar-refractivity contribution in [1.82, 2.24) is 4.90 Å². The minimum Gasteiger partial charge on any atom is -0.386 e. The lowest BCUT2D eigenvalue weighted by molar-refractivity contribution is 0.0492. The lowest BCUT2D eigenvalue weighted by Gasteiger charge is -2.34. The van der Waals surface area contributed by atoms with Crippen LogP contribution in [0.4, 0.5) is 0 Å². The quantitative estimate of drug-likeness (QED) is 0.855. The molecule has 0 aliphatic carbocycles. The van der Waals surface area contributed by atoms with E-state index >= 15 is 0 Å². The molecule has 2 heterocycles. The van der Waals surface area contributed by atoms with E-state index in [1.807, 2.05) is 17.5 Å². The molecule has 2 nitrogen and oxygen atoms in total. The molecule has 1 fully saturated rings. The average Bonchev–Trinajstić information content (AvgIpc) is 2.82. The topological polar surface area (TPSA) is 23.5 Å². The van der Waals surface area contributed by atoms with Gasteiger partial charge in [-0.3, -0.25) is 4.90 Å². The molecule has 2 rings (SSSR count). The summed E-state index contributed by atoms with van der Waals surface area (Å²) >= 11 is 1.65. The summed E-state index contributed by atoms with van der Waals surface area (Å²) < 4.78 is 0. The third-order valence-corrected chi connectivity index (χ3v) is 4.20. The van der Waals surface area contributed by atoms with Crippen LogP contribution in [0.15, 0.2) is 17.5 Å². The Balaban J connectivity index is 1.97. The SMILES string of the molecule is CC(C(O)c1cccs1)N1CCCCC1. The summed E-state index contributed by atoms with van der Waals surface area (Å²) in [6.45, 7) is 4.42. The van der Waals surface area contributed by atoms with Crippen molar-refractivity contribution in [3.63, 3.8) is 0 Å². The maximum absolute atomic E-state index is 10.2. The predicted molar refractivity (Wildman–Crippen MR) is 64.2 cm³/mol. The summed E-state index contributed by atoms with van der Waals surface area (Å²) in [6, 6.07) is 4.28. The second-order valence-electron chi connectivity index (χ2n) is 4.30. The van der Waals surface area contributed by atoms with Crippen LogP contribution in [0.3, 0.4) is 0 Å². The van der Waals surface area contributed by atoms with Crippen LogP contribution in [0.1, 0.15) is 37.2 Å². The van der Waals surface area contributed by atoms with Crippen LogP contribution in [-0.4, -0.2) is 29.1 Å². The van der Waals surface area contributed by atoms with Crippen LogP contribution in [0, 0.1) is 0 Å². The zero-order valence-electron chi connectivity index (χ0n) is 9.22. The summed E-state index contributed by atoms with van der Waals surface area (Å²) in [6.07, 6.45) is 3.59. The van der Waals surface area contributed by atoms with Crippen molar-refractivity contribution in [2.24, 2.45) is 0 Å². The predicted octanol–water partition coefficient (Wildman–Crippen LogP) is 2.66. The van der Waals surface area contributed by atoms with Gasteiger partial charge in [-0.2, -0.15) is 0 Å². The second-order valence-corrected chi connectivity index (χ2v) is 5.28. The molecule has 0 aromatic carbocycles. The zero-order chi connectivity index (χ0) is 10.7. The minimum absolute atomic E-state index is 0.254. The highest BCUT2D eigenvalue weighted by Crippen LogP contribution is 2.26. The number of nitrogens with zero attached hydrogens (tertiary/aromatic N) is 1. The molecule has 0 spiro atoms. The van der Waals surface area contributed by atoms with E-state index in [0.717, 1.165) is 18.0 Å². The first kappa shape index (κ1) is 11.1. The molecule has 3 heteroatoms. The first-order valence-electron chi connectivity index (χ1n) is 5.74. The van der Waals surface area contributed by atoms with E-state index in [-0.39, 0.29) is 12.1 Å². The second kappa shape index (κ2) is 5.10. The average molecular weight is 225 g/mol. The van der Waals surface area contributed by atoms with Crippen molar-refractivity contribution >= 4 is 11.3 Å². The molecule has 1 aromatic heterocycles. The number of aliphatic hydroxyl groups is 1. The normalized spacial score (nSPS) is 22.5. The number of piperidine rings is 1. The molecular formula is C12H19NOS. The number of rotatable bonds is 3. The van der Waals surface area contributed by atoms with Crippen molar-refractivity contribution in [1.29, 1.82) is 0 Å². The van der Waals surface area contributed by atoms with E-state index in [9.17, 15) is 5.11 Å². The molecule has 0 amide bonds. The Morgan fingerprint density at radius 2 is 2.07 bits per heavy atom. The fourth-order valence-corrected chi connectivity index (χ4v) is 3.03. The number of likely N-dealkylation sites (tertiary alicyclic amines) is 1. The Bertz CT molecular complexity index is 280. The Morgan fingerprint density at radius 3 is 2.67 bits per heavy atom. The van der Waals surface area contributed by atoms with Crippen molar-refractivity contribution in [2.45, 2.75) is 38.3 Å². The lowest BCUT2D eigenvalue weighted by Crippen LogP contribution is -2.40. The van der Waals surface area contributed by atoms with Crippen molar-refractivity contribution in [3.05, 3.63) is 22.4 Å². The Labute approximate surface area is 95.5 Å². The molecule has 1 aliphatic rings. The van der Waals surface area contributed by atoms with Gasteiger partial charge in [-0.1, -0.05) is 12.5 Å². The molecule has 0 bridgehead atoms. The third-order valence-electron chi connectivity index (χ3n) is 3.26. The first-order valence-corrected chi connectivity index (χ1v) is 6.62. The minimum atomic E-state index is -0.317. The van der Waals surface area contributed by atoms with Gasteiger partial charge in [-0.15, -0.1) is 11.3 Å². The van der Waals surface area contributed by atoms with Crippen LogP contribution >= 0.6 is 11.3 Å². The van der Waals surface area contributed by atoms with Gasteiger partial charge < -0.3 is 5.11 Å². The van der Waals surface area contributed by atoms with Crippen molar-refractivity contribution in [3.8, 4) is 0 Å². The highest BCUT2D eigenvalue weighted by atomic mass is 32.1. The van der Waals surface area contributed by atoms with Crippen LogP contribution in [0.2, 0.25) is 0 Å². The molecule has 1 N–H and O–H groups in total. The standard InChI is InChI=1S/C12H19NOS/c1-10(13-7-3-2-4-8-13)12(14)11-6-5-9-15-11/h5-6,9-10,12,14H,2-4,7-8H2,1H3. The summed E-state index contributed by atoms with van der Waals surface area (Å²) in [7, 11) is 0. The Morgan fingerprint density at radius 1 is 1.33 bits per heavy atom. The Hall–Kier alpha value is -0.380. The van der Waals surface area contributed by atoms with E-state index in [1.165, 1.54) is 19.3 Å². The highest BCUT2D eigenvalue weighted by molar-refractivity contribution is 7.10. The highest BCUT2D eigenvalue weighted by Gasteiger charge is 2.24. The van der Waals surface area contributed by atoms with Crippen LogP contribution in [0.25, 0.3) is 0 Å². The van der Waals surface area contributed by atoms with E-state index in [4.69, 9.17) is 0 Å². The lowest BCUT2D eigenvalue weighted by atomic mass is 10.0. The molecule has 84 valence electrons. The fraction of sp³-hybridized carbons (Fsp3) is 0.667. The fourth-order valence-electron chi connectivity index (χ4n) is 2.22. The van der Waals surface area contributed by atoms with Crippen molar-refractivity contribution < 1.29 is 5.11 Å². The van der Waals surface area contributed by atoms with Gasteiger partial charge in [0.2, 0.25) is 0 Å². The van der Waals surface area contributed by atoms with Gasteiger partial charge >= 0.3 is 0 Å². The number of aliphatic hydroxyl groups excluding tert-OH is 1. The third kappa shape index (κ3) is 2.60. The van der Waals surface area contributed by atoms with Gasteiger partial charge in [0.25, 0.3) is 0 Å². The molecule has 2 atom stereocenters. The number of thiophene rings is 1. The molecule has 0 saturated carbocycles. The van der Waals surface area contributed by atoms with Crippen LogP contribution < -0.4 is 0 Å². The molecule has 1 saturated heterocycles. The van der Waals surface area contributed by atoms with Crippen molar-refractivity contribution in [2.75, 3.05) is 13.1 Å². The summed E-state index contributed by atoms with van der Waals surface area (Å²) in [5, 5.41) is 12.2. The molecular weight excluding hydrogens is 206 g/mol. The van der Waals surface area contributed by atoms with Crippen LogP contribution in [-0.2, 0) is 0 Å². The maximum atomic E-state index is 10.2. The molecule has 1 aliphatic heterocycles. The zero-order valence-corrected chi connectivity index (χ0v) is 10.0. The molecule has 0 radical (unpaired) electrons. The molecule has 2 unspecified atom stereocenters. The summed E-state index contributed by atoms with van der Waals surface area (Å²) in [5.74, 6) is 0. The van der Waals surface area contributed by atoms with E-state index in [2.05, 4.69) is 11.8 Å².